The minimum absolute atomic E-state index is 0.0515. The number of allylic oxidation sites excluding steroid dienone is 2. The number of unbranched alkanes of at least 4 members (excludes halogenated alkanes) is 6. The van der Waals surface area contributed by atoms with Crippen molar-refractivity contribution in [2.45, 2.75) is 176 Å². The minimum atomic E-state index is -0.894. The average Bonchev–Trinajstić information content (AvgIpc) is 3.65. The maximum atomic E-state index is 14.1. The minimum Gasteiger partial charge on any atom is -0.481 e. The van der Waals surface area contributed by atoms with Crippen LogP contribution in [0.1, 0.15) is 164 Å². The standard InChI is InChI=1S/C46H70O11/c1-7-8-9-13-17-30(33-27-37(49)56-40(33)50)20-21-31(18-14-11-10-12-15-19-36(47)48)55-29(4)46-25-22-34-44(5,23-16-24-45(34,6)43(53)54)35(46)26-32(28(2)3)38-39(46)42(52)57-41(38)51/h13,17,28-35,38-39H,7-12,14-16,18-27H2,1-6H3,(H,47,48)(H,53,54)/b17-13+. The summed E-state index contributed by atoms with van der Waals surface area (Å²) >= 11 is 0. The van der Waals surface area contributed by atoms with E-state index in [1.165, 1.54) is 0 Å². The molecule has 0 bridgehead atoms. The molecule has 0 aromatic carbocycles. The smallest absolute Gasteiger partial charge is 0.318 e. The number of hydrogen-bond acceptors (Lipinski definition) is 9. The molecule has 2 aliphatic heterocycles. The summed E-state index contributed by atoms with van der Waals surface area (Å²) in [5, 5.41) is 19.7. The Morgan fingerprint density at radius 1 is 0.860 bits per heavy atom. The Morgan fingerprint density at radius 2 is 1.58 bits per heavy atom. The molecule has 5 rings (SSSR count). The lowest BCUT2D eigenvalue weighted by Gasteiger charge is -2.68. The van der Waals surface area contributed by atoms with Gasteiger partial charge in [0.15, 0.2) is 0 Å². The van der Waals surface area contributed by atoms with E-state index >= 15 is 0 Å². The van der Waals surface area contributed by atoms with Crippen LogP contribution in [0.15, 0.2) is 12.2 Å². The zero-order chi connectivity index (χ0) is 41.7. The molecule has 12 atom stereocenters. The maximum absolute atomic E-state index is 14.1. The summed E-state index contributed by atoms with van der Waals surface area (Å²) in [5.41, 5.74) is -2.05. The van der Waals surface area contributed by atoms with E-state index in [2.05, 4.69) is 46.8 Å². The molecule has 11 nitrogen and oxygen atoms in total. The van der Waals surface area contributed by atoms with Gasteiger partial charge in [-0.15, -0.1) is 0 Å². The van der Waals surface area contributed by atoms with Crippen LogP contribution in [-0.2, 0) is 43.0 Å². The molecule has 0 spiro atoms. The average molecular weight is 799 g/mol. The van der Waals surface area contributed by atoms with Gasteiger partial charge in [-0.25, -0.2) is 0 Å². The van der Waals surface area contributed by atoms with Crippen molar-refractivity contribution in [3.63, 3.8) is 0 Å². The van der Waals surface area contributed by atoms with E-state index < -0.39 is 75.9 Å². The molecule has 3 aliphatic carbocycles. The van der Waals surface area contributed by atoms with Crippen molar-refractivity contribution in [3.8, 4) is 0 Å². The van der Waals surface area contributed by atoms with Gasteiger partial charge in [-0.3, -0.25) is 28.8 Å². The van der Waals surface area contributed by atoms with Gasteiger partial charge in [0.25, 0.3) is 0 Å². The fraction of sp³-hybridized carbons (Fsp3) is 0.826. The summed E-state index contributed by atoms with van der Waals surface area (Å²) in [6.45, 7) is 12.6. The molecule has 0 aromatic rings. The van der Waals surface area contributed by atoms with Crippen LogP contribution in [0.5, 0.6) is 0 Å². The molecule has 2 N–H and O–H groups in total. The molecule has 5 aliphatic rings. The Bertz CT molecular complexity index is 1520. The third-order valence-corrected chi connectivity index (χ3v) is 15.7. The van der Waals surface area contributed by atoms with Crippen molar-refractivity contribution >= 4 is 35.8 Å². The van der Waals surface area contributed by atoms with E-state index in [0.29, 0.717) is 51.4 Å². The van der Waals surface area contributed by atoms with Crippen molar-refractivity contribution in [2.75, 3.05) is 0 Å². The highest BCUT2D eigenvalue weighted by molar-refractivity contribution is 5.97. The van der Waals surface area contributed by atoms with Crippen LogP contribution in [-0.4, -0.2) is 58.2 Å². The zero-order valence-corrected chi connectivity index (χ0v) is 35.4. The van der Waals surface area contributed by atoms with Gasteiger partial charge < -0.3 is 24.4 Å². The zero-order valence-electron chi connectivity index (χ0n) is 35.4. The van der Waals surface area contributed by atoms with E-state index in [1.54, 1.807) is 0 Å². The van der Waals surface area contributed by atoms with Gasteiger partial charge in [0.2, 0.25) is 0 Å². The summed E-state index contributed by atoms with van der Waals surface area (Å²) in [4.78, 5) is 76.9. The second-order valence-corrected chi connectivity index (χ2v) is 19.2. The van der Waals surface area contributed by atoms with Crippen LogP contribution in [0.3, 0.4) is 0 Å². The quantitative estimate of drug-likeness (QED) is 0.0491. The molecule has 0 aromatic heterocycles. The highest BCUT2D eigenvalue weighted by Crippen LogP contribution is 2.72. The van der Waals surface area contributed by atoms with Crippen molar-refractivity contribution in [3.05, 3.63) is 12.2 Å². The molecule has 2 saturated heterocycles. The fourth-order valence-corrected chi connectivity index (χ4v) is 12.7. The molecule has 320 valence electrons. The maximum Gasteiger partial charge on any atom is 0.318 e. The first kappa shape index (κ1) is 45.0. The highest BCUT2D eigenvalue weighted by atomic mass is 16.6. The predicted molar refractivity (Wildman–Crippen MR) is 212 cm³/mol. The number of fused-ring (bicyclic) bond motifs is 5. The molecular weight excluding hydrogens is 728 g/mol. The van der Waals surface area contributed by atoms with Crippen molar-refractivity contribution in [1.82, 2.24) is 0 Å². The summed E-state index contributed by atoms with van der Waals surface area (Å²) in [7, 11) is 0. The van der Waals surface area contributed by atoms with Crippen molar-refractivity contribution in [2.24, 2.45) is 63.6 Å². The van der Waals surface area contributed by atoms with E-state index in [4.69, 9.17) is 19.3 Å². The largest absolute Gasteiger partial charge is 0.481 e. The van der Waals surface area contributed by atoms with E-state index in [0.717, 1.165) is 57.8 Å². The first-order chi connectivity index (χ1) is 27.0. The lowest BCUT2D eigenvalue weighted by molar-refractivity contribution is -0.240. The molecule has 57 heavy (non-hydrogen) atoms. The van der Waals surface area contributed by atoms with Gasteiger partial charge in [0.05, 0.1) is 41.8 Å². The SMILES string of the molecule is CCCC/C=C/C(CCC(CCCCCCCC(=O)O)OC(C)C12CCC3C(C)(C(=O)O)CCCC3(C)C1CC(C(C)C)C1C(=O)OC(=O)C12)C1CC(=O)OC1=O. The lowest BCUT2D eigenvalue weighted by Crippen LogP contribution is -2.67. The number of ether oxygens (including phenoxy) is 3. The number of rotatable bonds is 21. The number of hydrogen-bond donors (Lipinski definition) is 2. The molecule has 2 heterocycles. The Labute approximate surface area is 339 Å². The van der Waals surface area contributed by atoms with Gasteiger partial charge in [0.1, 0.15) is 0 Å². The molecule has 12 unspecified atom stereocenters. The van der Waals surface area contributed by atoms with Crippen LogP contribution >= 0.6 is 0 Å². The van der Waals surface area contributed by atoms with Crippen LogP contribution < -0.4 is 0 Å². The summed E-state index contributed by atoms with van der Waals surface area (Å²) in [6, 6.07) is 0. The molecule has 5 fully saturated rings. The van der Waals surface area contributed by atoms with E-state index in [-0.39, 0.29) is 48.5 Å². The van der Waals surface area contributed by atoms with Crippen molar-refractivity contribution in [1.29, 1.82) is 0 Å². The van der Waals surface area contributed by atoms with Gasteiger partial charge >= 0.3 is 35.8 Å². The van der Waals surface area contributed by atoms with E-state index in [9.17, 15) is 33.9 Å². The van der Waals surface area contributed by atoms with Crippen LogP contribution in [0.2, 0.25) is 0 Å². The second-order valence-electron chi connectivity index (χ2n) is 19.2. The molecule has 0 amide bonds. The first-order valence-corrected chi connectivity index (χ1v) is 22.3. The number of esters is 4. The molecular formula is C46H70O11. The number of carbonyl (C=O) groups is 6. The van der Waals surface area contributed by atoms with E-state index in [1.807, 2.05) is 6.92 Å². The third-order valence-electron chi connectivity index (χ3n) is 15.7. The monoisotopic (exact) mass is 798 g/mol. The summed E-state index contributed by atoms with van der Waals surface area (Å²) < 4.78 is 17.9. The van der Waals surface area contributed by atoms with Crippen molar-refractivity contribution < 1.29 is 53.2 Å². The van der Waals surface area contributed by atoms with Gasteiger partial charge in [-0.05, 0) is 113 Å². The van der Waals surface area contributed by atoms with Gasteiger partial charge in [0, 0.05) is 11.8 Å². The van der Waals surface area contributed by atoms with Gasteiger partial charge in [-0.1, -0.05) is 84.8 Å². The lowest BCUT2D eigenvalue weighted by atomic mass is 9.36. The van der Waals surface area contributed by atoms with Crippen LogP contribution in [0, 0.1) is 63.6 Å². The Morgan fingerprint density at radius 3 is 2.23 bits per heavy atom. The number of carboxylic acids is 2. The number of carboxylic acid groups (broad SMARTS) is 2. The Hall–Kier alpha value is -3.08. The molecule has 0 radical (unpaired) electrons. The highest BCUT2D eigenvalue weighted by Gasteiger charge is 2.73. The number of cyclic esters (lactones) is 4. The summed E-state index contributed by atoms with van der Waals surface area (Å²) in [5.74, 6) is -5.64. The van der Waals surface area contributed by atoms with Crippen LogP contribution in [0.4, 0.5) is 0 Å². The number of aliphatic carboxylic acids is 2. The molecule has 3 saturated carbocycles. The third kappa shape index (κ3) is 9.23. The van der Waals surface area contributed by atoms with Gasteiger partial charge in [-0.2, -0.15) is 0 Å². The molecule has 11 heteroatoms. The topological polar surface area (TPSA) is 171 Å². The van der Waals surface area contributed by atoms with Crippen LogP contribution in [0.25, 0.3) is 0 Å². The Balaban J connectivity index is 1.48. The predicted octanol–water partition coefficient (Wildman–Crippen LogP) is 9.09. The number of carbonyl (C=O) groups excluding carboxylic acids is 4. The Kier molecular flexibility index (Phi) is 14.9. The first-order valence-electron chi connectivity index (χ1n) is 22.3. The summed E-state index contributed by atoms with van der Waals surface area (Å²) in [6.07, 6.45) is 16.7. The second kappa shape index (κ2) is 18.9. The normalized spacial score (nSPS) is 35.4. The fourth-order valence-electron chi connectivity index (χ4n) is 12.7.